The summed E-state index contributed by atoms with van der Waals surface area (Å²) in [6, 6.07) is 9.90. The maximum atomic E-state index is 12.3. The SMILES string of the molecule is Cc1cc(C(=O)CCC(=O)OCC(=O)N2CCc3ccccc3C2)c(C)s1. The fourth-order valence-electron chi connectivity index (χ4n) is 3.27. The maximum absolute atomic E-state index is 12.3. The fourth-order valence-corrected chi connectivity index (χ4v) is 4.21. The Morgan fingerprint density at radius 2 is 1.85 bits per heavy atom. The zero-order valence-electron chi connectivity index (χ0n) is 15.6. The molecule has 1 amide bonds. The second kappa shape index (κ2) is 8.48. The zero-order chi connectivity index (χ0) is 19.4. The Labute approximate surface area is 162 Å². The van der Waals surface area contributed by atoms with Crippen LogP contribution in [0, 0.1) is 13.8 Å². The van der Waals surface area contributed by atoms with E-state index < -0.39 is 5.97 Å². The Bertz CT molecular complexity index is 871. The van der Waals surface area contributed by atoms with E-state index in [0.717, 1.165) is 21.7 Å². The number of carbonyl (C=O) groups is 3. The Kier molecular flexibility index (Phi) is 6.06. The van der Waals surface area contributed by atoms with Crippen molar-refractivity contribution in [1.29, 1.82) is 0 Å². The molecule has 27 heavy (non-hydrogen) atoms. The summed E-state index contributed by atoms with van der Waals surface area (Å²) in [5, 5.41) is 0. The molecule has 2 aromatic rings. The Morgan fingerprint density at radius 3 is 2.56 bits per heavy atom. The molecule has 0 N–H and O–H groups in total. The number of benzene rings is 1. The summed E-state index contributed by atoms with van der Waals surface area (Å²) >= 11 is 1.57. The van der Waals surface area contributed by atoms with Crippen LogP contribution in [0.3, 0.4) is 0 Å². The van der Waals surface area contributed by atoms with Gasteiger partial charge in [0.15, 0.2) is 12.4 Å². The minimum Gasteiger partial charge on any atom is -0.456 e. The van der Waals surface area contributed by atoms with Gasteiger partial charge >= 0.3 is 5.97 Å². The van der Waals surface area contributed by atoms with Crippen LogP contribution in [0.5, 0.6) is 0 Å². The molecule has 1 aliphatic rings. The summed E-state index contributed by atoms with van der Waals surface area (Å²) in [6.45, 7) is 4.75. The first kappa shape index (κ1) is 19.3. The molecule has 0 saturated carbocycles. The molecule has 0 aliphatic carbocycles. The molecule has 142 valence electrons. The van der Waals surface area contributed by atoms with Crippen LogP contribution < -0.4 is 0 Å². The molecular weight excluding hydrogens is 362 g/mol. The number of fused-ring (bicyclic) bond motifs is 1. The van der Waals surface area contributed by atoms with Crippen molar-refractivity contribution in [2.75, 3.05) is 13.2 Å². The van der Waals surface area contributed by atoms with Gasteiger partial charge in [-0.05, 0) is 37.5 Å². The minimum absolute atomic E-state index is 0.0106. The van der Waals surface area contributed by atoms with Crippen molar-refractivity contribution in [2.24, 2.45) is 0 Å². The Hall–Kier alpha value is -2.47. The highest BCUT2D eigenvalue weighted by Crippen LogP contribution is 2.22. The van der Waals surface area contributed by atoms with Gasteiger partial charge in [0, 0.05) is 34.8 Å². The Morgan fingerprint density at radius 1 is 1.11 bits per heavy atom. The first-order valence-corrected chi connectivity index (χ1v) is 9.86. The molecule has 1 aromatic carbocycles. The lowest BCUT2D eigenvalue weighted by atomic mass is 10.00. The number of Topliss-reactive ketones (excluding diaryl/α,β-unsaturated/α-hetero) is 1. The summed E-state index contributed by atoms with van der Waals surface area (Å²) in [6.07, 6.45) is 0.897. The molecule has 3 rings (SSSR count). The van der Waals surface area contributed by atoms with E-state index in [0.29, 0.717) is 18.7 Å². The number of thiophene rings is 1. The molecular formula is C21H23NO4S. The fraction of sp³-hybridized carbons (Fsp3) is 0.381. The van der Waals surface area contributed by atoms with Gasteiger partial charge in [0.2, 0.25) is 0 Å². The van der Waals surface area contributed by atoms with Crippen molar-refractivity contribution >= 4 is 29.0 Å². The van der Waals surface area contributed by atoms with Crippen molar-refractivity contribution in [2.45, 2.75) is 39.7 Å². The van der Waals surface area contributed by atoms with Crippen LogP contribution in [0.2, 0.25) is 0 Å². The smallest absolute Gasteiger partial charge is 0.306 e. The summed E-state index contributed by atoms with van der Waals surface area (Å²) < 4.78 is 5.09. The lowest BCUT2D eigenvalue weighted by molar-refractivity contribution is -0.152. The zero-order valence-corrected chi connectivity index (χ0v) is 16.4. The summed E-state index contributed by atoms with van der Waals surface area (Å²) in [7, 11) is 0. The molecule has 1 aliphatic heterocycles. The predicted molar refractivity (Wildman–Crippen MR) is 104 cm³/mol. The maximum Gasteiger partial charge on any atom is 0.306 e. The van der Waals surface area contributed by atoms with Crippen LogP contribution in [-0.4, -0.2) is 35.7 Å². The highest BCUT2D eigenvalue weighted by Gasteiger charge is 2.21. The molecule has 6 heteroatoms. The van der Waals surface area contributed by atoms with Crippen LogP contribution >= 0.6 is 11.3 Å². The van der Waals surface area contributed by atoms with Crippen molar-refractivity contribution in [3.63, 3.8) is 0 Å². The van der Waals surface area contributed by atoms with Gasteiger partial charge in [0.05, 0.1) is 6.42 Å². The monoisotopic (exact) mass is 385 g/mol. The van der Waals surface area contributed by atoms with Crippen molar-refractivity contribution in [1.82, 2.24) is 4.90 Å². The second-order valence-corrected chi connectivity index (χ2v) is 8.21. The van der Waals surface area contributed by atoms with E-state index in [4.69, 9.17) is 4.74 Å². The number of rotatable bonds is 6. The molecule has 0 bridgehead atoms. The van der Waals surface area contributed by atoms with Crippen molar-refractivity contribution in [3.05, 3.63) is 56.8 Å². The minimum atomic E-state index is -0.515. The third-order valence-electron chi connectivity index (χ3n) is 4.74. The van der Waals surface area contributed by atoms with E-state index in [1.807, 2.05) is 38.1 Å². The number of amides is 1. The highest BCUT2D eigenvalue weighted by atomic mass is 32.1. The largest absolute Gasteiger partial charge is 0.456 e. The van der Waals surface area contributed by atoms with Crippen LogP contribution in [0.15, 0.2) is 30.3 Å². The van der Waals surface area contributed by atoms with Crippen LogP contribution in [0.4, 0.5) is 0 Å². The number of esters is 1. The molecule has 0 atom stereocenters. The normalized spacial score (nSPS) is 13.2. The number of hydrogen-bond donors (Lipinski definition) is 0. The molecule has 2 heterocycles. The second-order valence-electron chi connectivity index (χ2n) is 6.74. The van der Waals surface area contributed by atoms with E-state index in [-0.39, 0.29) is 31.1 Å². The van der Waals surface area contributed by atoms with Gasteiger partial charge in [-0.1, -0.05) is 24.3 Å². The molecule has 0 fully saturated rings. The first-order chi connectivity index (χ1) is 12.9. The van der Waals surface area contributed by atoms with E-state index in [2.05, 4.69) is 6.07 Å². The first-order valence-electron chi connectivity index (χ1n) is 9.04. The quantitative estimate of drug-likeness (QED) is 0.564. The van der Waals surface area contributed by atoms with E-state index >= 15 is 0 Å². The summed E-state index contributed by atoms with van der Waals surface area (Å²) in [5.74, 6) is -0.778. The third kappa shape index (κ3) is 4.83. The molecule has 0 unspecified atom stereocenters. The molecule has 0 saturated heterocycles. The average molecular weight is 385 g/mol. The van der Waals surface area contributed by atoms with Crippen LogP contribution in [-0.2, 0) is 27.3 Å². The standard InChI is InChI=1S/C21H23NO4S/c1-14-11-18(15(2)27-14)19(23)7-8-21(25)26-13-20(24)22-10-9-16-5-3-4-6-17(16)12-22/h3-6,11H,7-10,12-13H2,1-2H3. The highest BCUT2D eigenvalue weighted by molar-refractivity contribution is 7.12. The number of carbonyl (C=O) groups excluding carboxylic acids is 3. The van der Waals surface area contributed by atoms with Gasteiger partial charge in [-0.15, -0.1) is 11.3 Å². The van der Waals surface area contributed by atoms with Gasteiger partial charge < -0.3 is 9.64 Å². The number of ether oxygens (including phenoxy) is 1. The third-order valence-corrected chi connectivity index (χ3v) is 5.70. The summed E-state index contributed by atoms with van der Waals surface area (Å²) in [4.78, 5) is 40.2. The molecule has 0 spiro atoms. The van der Waals surface area contributed by atoms with Crippen LogP contribution in [0.1, 0.15) is 44.1 Å². The van der Waals surface area contributed by atoms with Crippen molar-refractivity contribution in [3.8, 4) is 0 Å². The molecule has 0 radical (unpaired) electrons. The van der Waals surface area contributed by atoms with E-state index in [1.54, 1.807) is 16.2 Å². The lowest BCUT2D eigenvalue weighted by Gasteiger charge is -2.28. The topological polar surface area (TPSA) is 63.7 Å². The predicted octanol–water partition coefficient (Wildman–Crippen LogP) is 3.46. The molecule has 5 nitrogen and oxygen atoms in total. The van der Waals surface area contributed by atoms with Crippen LogP contribution in [0.25, 0.3) is 0 Å². The Balaban J connectivity index is 1.43. The number of ketones is 1. The average Bonchev–Trinajstić information content (AvgIpc) is 3.01. The number of nitrogens with zero attached hydrogens (tertiary/aromatic N) is 1. The number of aryl methyl sites for hydroxylation is 2. The van der Waals surface area contributed by atoms with Gasteiger partial charge in [-0.3, -0.25) is 14.4 Å². The number of hydrogen-bond acceptors (Lipinski definition) is 5. The van der Waals surface area contributed by atoms with Gasteiger partial charge in [0.25, 0.3) is 5.91 Å². The van der Waals surface area contributed by atoms with Crippen molar-refractivity contribution < 1.29 is 19.1 Å². The van der Waals surface area contributed by atoms with Gasteiger partial charge in [-0.2, -0.15) is 0 Å². The van der Waals surface area contributed by atoms with Gasteiger partial charge in [-0.25, -0.2) is 0 Å². The van der Waals surface area contributed by atoms with Gasteiger partial charge in [0.1, 0.15) is 0 Å². The lowest BCUT2D eigenvalue weighted by Crippen LogP contribution is -2.38. The van der Waals surface area contributed by atoms with E-state index in [9.17, 15) is 14.4 Å². The summed E-state index contributed by atoms with van der Waals surface area (Å²) in [5.41, 5.74) is 3.07. The molecule has 1 aromatic heterocycles. The van der Waals surface area contributed by atoms with E-state index in [1.165, 1.54) is 5.56 Å².